The Labute approximate surface area is 188 Å². The predicted molar refractivity (Wildman–Crippen MR) is 120 cm³/mol. The molecule has 0 spiro atoms. The van der Waals surface area contributed by atoms with Crippen molar-refractivity contribution >= 4 is 5.97 Å². The summed E-state index contributed by atoms with van der Waals surface area (Å²) < 4.78 is 30.6. The maximum Gasteiger partial charge on any atom is 0.331 e. The second kappa shape index (κ2) is 17.4. The van der Waals surface area contributed by atoms with Gasteiger partial charge in [-0.25, -0.2) is 4.79 Å². The van der Waals surface area contributed by atoms with E-state index in [2.05, 4.69) is 27.7 Å². The van der Waals surface area contributed by atoms with E-state index in [1.54, 1.807) is 0 Å². The van der Waals surface area contributed by atoms with Crippen LogP contribution in [0.15, 0.2) is 11.8 Å². The van der Waals surface area contributed by atoms with Crippen molar-refractivity contribution < 1.29 is 33.6 Å². The Morgan fingerprint density at radius 1 is 0.839 bits per heavy atom. The van der Waals surface area contributed by atoms with Gasteiger partial charge in [0.2, 0.25) is 0 Å². The zero-order chi connectivity index (χ0) is 22.9. The van der Waals surface area contributed by atoms with Gasteiger partial charge in [0.15, 0.2) is 6.10 Å². The molecule has 0 amide bonds. The van der Waals surface area contributed by atoms with Gasteiger partial charge in [-0.05, 0) is 25.7 Å². The first kappa shape index (κ1) is 27.9. The summed E-state index contributed by atoms with van der Waals surface area (Å²) in [5.74, 6) is -0.785. The lowest BCUT2D eigenvalue weighted by Gasteiger charge is -2.43. The summed E-state index contributed by atoms with van der Waals surface area (Å²) in [5, 5.41) is 9.41. The molecule has 7 heteroatoms. The van der Waals surface area contributed by atoms with Crippen LogP contribution in [-0.2, 0) is 28.5 Å². The van der Waals surface area contributed by atoms with Crippen LogP contribution in [0.4, 0.5) is 0 Å². The lowest BCUT2D eigenvalue weighted by molar-refractivity contribution is -0.215. The van der Waals surface area contributed by atoms with Crippen molar-refractivity contribution in [1.29, 1.82) is 0 Å². The summed E-state index contributed by atoms with van der Waals surface area (Å²) in [6, 6.07) is 0. The molecule has 1 fully saturated rings. The molecule has 1 heterocycles. The number of ether oxygens (including phenoxy) is 5. The molecule has 0 aromatic heterocycles. The zero-order valence-electron chi connectivity index (χ0n) is 20.0. The molecule has 0 unspecified atom stereocenters. The summed E-state index contributed by atoms with van der Waals surface area (Å²) in [5.41, 5.74) is 0. The molecule has 182 valence electrons. The Morgan fingerprint density at radius 2 is 1.35 bits per heavy atom. The highest BCUT2D eigenvalue weighted by atomic mass is 16.6. The van der Waals surface area contributed by atoms with Gasteiger partial charge in [0.1, 0.15) is 24.1 Å². The molecule has 4 atom stereocenters. The van der Waals surface area contributed by atoms with Crippen LogP contribution >= 0.6 is 0 Å². The van der Waals surface area contributed by atoms with E-state index in [4.69, 9.17) is 23.7 Å². The second-order valence-corrected chi connectivity index (χ2v) is 7.99. The van der Waals surface area contributed by atoms with Crippen LogP contribution in [0.1, 0.15) is 79.1 Å². The van der Waals surface area contributed by atoms with Crippen molar-refractivity contribution in [3.05, 3.63) is 11.8 Å². The minimum absolute atomic E-state index is 0.282. The first-order chi connectivity index (χ1) is 15.1. The molecule has 1 rings (SSSR count). The second-order valence-electron chi connectivity index (χ2n) is 7.99. The van der Waals surface area contributed by atoms with Crippen LogP contribution in [0.25, 0.3) is 0 Å². The molecule has 0 aromatic rings. The van der Waals surface area contributed by atoms with Crippen LogP contribution in [-0.4, -0.2) is 68.5 Å². The van der Waals surface area contributed by atoms with Gasteiger partial charge in [0.05, 0.1) is 12.7 Å². The van der Waals surface area contributed by atoms with Crippen LogP contribution in [0.3, 0.4) is 0 Å². The Hall–Kier alpha value is -1.15. The maximum absolute atomic E-state index is 11.5. The monoisotopic (exact) mass is 444 g/mol. The average Bonchev–Trinajstić information content (AvgIpc) is 2.74. The van der Waals surface area contributed by atoms with Crippen LogP contribution in [0.5, 0.6) is 0 Å². The van der Waals surface area contributed by atoms with Crippen LogP contribution < -0.4 is 0 Å². The van der Waals surface area contributed by atoms with Gasteiger partial charge in [0, 0.05) is 26.4 Å². The quantitative estimate of drug-likeness (QED) is 0.242. The van der Waals surface area contributed by atoms with E-state index < -0.39 is 24.3 Å². The van der Waals surface area contributed by atoms with Crippen LogP contribution in [0, 0.1) is 0 Å². The highest BCUT2D eigenvalue weighted by molar-refractivity contribution is 5.80. The highest BCUT2D eigenvalue weighted by Gasteiger charge is 2.46. The Bertz CT molecular complexity index is 494. The normalized spacial score (nSPS) is 25.0. The molecule has 0 saturated carbocycles. The maximum atomic E-state index is 11.5. The topological polar surface area (TPSA) is 83.5 Å². The smallest absolute Gasteiger partial charge is 0.331 e. The SMILES string of the molecule is CCCCOC[C@H]1O/C(=C/C(=O)O)[C@@H](OCCCC)[C@@H](OCCCC)[C@@H]1OCCCC. The molecule has 0 aromatic carbocycles. The van der Waals surface area contributed by atoms with E-state index in [-0.39, 0.29) is 11.9 Å². The van der Waals surface area contributed by atoms with E-state index in [0.29, 0.717) is 33.0 Å². The Balaban J connectivity index is 3.12. The van der Waals surface area contributed by atoms with Gasteiger partial charge >= 0.3 is 5.97 Å². The predicted octanol–water partition coefficient (Wildman–Crippen LogP) is 4.73. The molecule has 1 N–H and O–H groups in total. The minimum Gasteiger partial charge on any atom is -0.486 e. The number of hydrogen-bond acceptors (Lipinski definition) is 6. The number of carboxylic acids is 1. The molecule has 0 aliphatic carbocycles. The Kier molecular flexibility index (Phi) is 15.7. The van der Waals surface area contributed by atoms with Crippen molar-refractivity contribution in [2.75, 3.05) is 33.0 Å². The third-order valence-electron chi connectivity index (χ3n) is 5.16. The van der Waals surface area contributed by atoms with E-state index >= 15 is 0 Å². The summed E-state index contributed by atoms with van der Waals surface area (Å²) in [7, 11) is 0. The summed E-state index contributed by atoms with van der Waals surface area (Å²) in [6.45, 7) is 11.0. The zero-order valence-corrected chi connectivity index (χ0v) is 20.0. The number of carboxylic acid groups (broad SMARTS) is 1. The van der Waals surface area contributed by atoms with Gasteiger partial charge in [-0.1, -0.05) is 53.4 Å². The van der Waals surface area contributed by atoms with Crippen molar-refractivity contribution in [2.45, 2.75) is 103 Å². The van der Waals surface area contributed by atoms with Crippen molar-refractivity contribution in [2.24, 2.45) is 0 Å². The van der Waals surface area contributed by atoms with Crippen LogP contribution in [0.2, 0.25) is 0 Å². The van der Waals surface area contributed by atoms with Gasteiger partial charge in [-0.15, -0.1) is 0 Å². The van der Waals surface area contributed by atoms with Gasteiger partial charge in [-0.2, -0.15) is 0 Å². The molecule has 1 aliphatic rings. The fourth-order valence-corrected chi connectivity index (χ4v) is 3.31. The fraction of sp³-hybridized carbons (Fsp3) is 0.875. The summed E-state index contributed by atoms with van der Waals surface area (Å²) in [4.78, 5) is 11.5. The molecule has 1 aliphatic heterocycles. The minimum atomic E-state index is -1.07. The van der Waals surface area contributed by atoms with Gasteiger partial charge in [-0.3, -0.25) is 0 Å². The van der Waals surface area contributed by atoms with Crippen molar-refractivity contribution in [1.82, 2.24) is 0 Å². The van der Waals surface area contributed by atoms with Crippen molar-refractivity contribution in [3.63, 3.8) is 0 Å². The molecule has 0 bridgehead atoms. The third-order valence-corrected chi connectivity index (χ3v) is 5.16. The number of aliphatic carboxylic acids is 1. The Morgan fingerprint density at radius 3 is 1.90 bits per heavy atom. The molecule has 1 saturated heterocycles. The molecular formula is C24H44O7. The van der Waals surface area contributed by atoms with E-state index in [9.17, 15) is 9.90 Å². The van der Waals surface area contributed by atoms with Crippen molar-refractivity contribution in [3.8, 4) is 0 Å². The number of hydrogen-bond donors (Lipinski definition) is 1. The number of rotatable bonds is 18. The third kappa shape index (κ3) is 10.8. The molecule has 31 heavy (non-hydrogen) atoms. The molecular weight excluding hydrogens is 400 g/mol. The molecule has 7 nitrogen and oxygen atoms in total. The number of carbonyl (C=O) groups is 1. The first-order valence-electron chi connectivity index (χ1n) is 12.1. The first-order valence-corrected chi connectivity index (χ1v) is 12.1. The highest BCUT2D eigenvalue weighted by Crippen LogP contribution is 2.31. The number of unbranched alkanes of at least 4 members (excludes halogenated alkanes) is 4. The van der Waals surface area contributed by atoms with E-state index in [1.807, 2.05) is 0 Å². The lowest BCUT2D eigenvalue weighted by Crippen LogP contribution is -2.56. The fourth-order valence-electron chi connectivity index (χ4n) is 3.31. The standard InChI is InChI=1S/C24H44O7/c1-5-9-13-27-18-20-23(29-15-11-7-3)24(30-16-12-8-4)22(28-14-10-6-2)19(31-20)17-21(25)26/h17,20,22-24H,5-16,18H2,1-4H3,(H,25,26)/b19-17+/t20-,22-,23-,24-/m1/s1. The molecule has 0 radical (unpaired) electrons. The summed E-state index contributed by atoms with van der Waals surface area (Å²) >= 11 is 0. The largest absolute Gasteiger partial charge is 0.486 e. The van der Waals surface area contributed by atoms with E-state index in [0.717, 1.165) is 57.4 Å². The summed E-state index contributed by atoms with van der Waals surface area (Å²) in [6.07, 6.45) is 6.94. The van der Waals surface area contributed by atoms with Gasteiger partial charge in [0.25, 0.3) is 0 Å². The average molecular weight is 445 g/mol. The van der Waals surface area contributed by atoms with E-state index in [1.165, 1.54) is 0 Å². The van der Waals surface area contributed by atoms with Gasteiger partial charge < -0.3 is 28.8 Å². The lowest BCUT2D eigenvalue weighted by atomic mass is 9.96.